The van der Waals surface area contributed by atoms with Gasteiger partial charge in [0.15, 0.2) is 0 Å². The third-order valence-electron chi connectivity index (χ3n) is 4.46. The molecule has 2 fully saturated rings. The molecule has 0 N–H and O–H groups in total. The van der Waals surface area contributed by atoms with Crippen molar-refractivity contribution in [3.8, 4) is 0 Å². The van der Waals surface area contributed by atoms with E-state index < -0.39 is 0 Å². The summed E-state index contributed by atoms with van der Waals surface area (Å²) in [6.45, 7) is 2.37. The van der Waals surface area contributed by atoms with Crippen LogP contribution in [0.15, 0.2) is 0 Å². The molecule has 0 aromatic heterocycles. The van der Waals surface area contributed by atoms with Gasteiger partial charge in [-0.3, -0.25) is 4.90 Å². The summed E-state index contributed by atoms with van der Waals surface area (Å²) in [6, 6.07) is 1.79. The van der Waals surface area contributed by atoms with Crippen LogP contribution in [0.5, 0.6) is 0 Å². The highest BCUT2D eigenvalue weighted by molar-refractivity contribution is 7.17. The van der Waals surface area contributed by atoms with Crippen LogP contribution in [0.1, 0.15) is 71.1 Å². The lowest BCUT2D eigenvalue weighted by Crippen LogP contribution is -2.47. The molecule has 0 heterocycles. The molecule has 2 heteroatoms. The van der Waals surface area contributed by atoms with Crippen LogP contribution in [0.25, 0.3) is 0 Å². The van der Waals surface area contributed by atoms with Gasteiger partial charge in [-0.2, -0.15) is 0 Å². The molecule has 2 aliphatic rings. The molecule has 0 amide bonds. The largest absolute Gasteiger partial charge is 0.291 e. The van der Waals surface area contributed by atoms with Crippen LogP contribution < -0.4 is 0 Å². The van der Waals surface area contributed by atoms with Gasteiger partial charge in [-0.1, -0.05) is 38.5 Å². The highest BCUT2D eigenvalue weighted by Crippen LogP contribution is 2.32. The Bertz CT molecular complexity index is 175. The fraction of sp³-hybridized carbons (Fsp3) is 1.00. The predicted octanol–water partition coefficient (Wildman–Crippen LogP) is 4.17. The summed E-state index contributed by atoms with van der Waals surface area (Å²) >= 11 is 0. The molecule has 2 atom stereocenters. The second-order valence-electron chi connectivity index (χ2n) is 5.77. The van der Waals surface area contributed by atoms with Crippen LogP contribution in [0.2, 0.25) is 0 Å². The van der Waals surface area contributed by atoms with E-state index in [9.17, 15) is 0 Å². The van der Waals surface area contributed by atoms with Gasteiger partial charge >= 0.3 is 0 Å². The van der Waals surface area contributed by atoms with E-state index in [2.05, 4.69) is 21.1 Å². The molecule has 0 bridgehead atoms. The Kier molecular flexibility index (Phi) is 5.10. The van der Waals surface area contributed by atoms with Crippen molar-refractivity contribution in [2.45, 2.75) is 89.0 Å². The van der Waals surface area contributed by atoms with Gasteiger partial charge in [-0.15, -0.1) is 9.24 Å². The van der Waals surface area contributed by atoms with E-state index in [1.807, 2.05) is 0 Å². The normalized spacial score (nSPS) is 27.2. The summed E-state index contributed by atoms with van der Waals surface area (Å²) < 4.78 is 0. The van der Waals surface area contributed by atoms with E-state index in [-0.39, 0.29) is 0 Å². The quantitative estimate of drug-likeness (QED) is 0.670. The lowest BCUT2D eigenvalue weighted by molar-refractivity contribution is 0.0747. The second kappa shape index (κ2) is 6.36. The summed E-state index contributed by atoms with van der Waals surface area (Å²) in [5, 5.41) is 0. The number of nitrogens with zero attached hydrogens (tertiary/aromatic N) is 1. The van der Waals surface area contributed by atoms with Crippen molar-refractivity contribution in [1.82, 2.24) is 4.90 Å². The van der Waals surface area contributed by atoms with Crippen LogP contribution >= 0.6 is 9.24 Å². The Morgan fingerprint density at radius 1 is 0.812 bits per heavy atom. The van der Waals surface area contributed by atoms with Gasteiger partial charge in [0.25, 0.3) is 0 Å². The zero-order valence-corrected chi connectivity index (χ0v) is 12.0. The van der Waals surface area contributed by atoms with Crippen molar-refractivity contribution in [3.63, 3.8) is 0 Å². The minimum atomic E-state index is 0.672. The van der Waals surface area contributed by atoms with Gasteiger partial charge in [-0.05, 0) is 32.6 Å². The van der Waals surface area contributed by atoms with Crippen molar-refractivity contribution in [1.29, 1.82) is 0 Å². The van der Waals surface area contributed by atoms with E-state index in [1.54, 1.807) is 0 Å². The highest BCUT2D eigenvalue weighted by Gasteiger charge is 2.30. The summed E-state index contributed by atoms with van der Waals surface area (Å²) in [7, 11) is 3.04. The minimum Gasteiger partial charge on any atom is -0.291 e. The van der Waals surface area contributed by atoms with Crippen LogP contribution in [-0.2, 0) is 0 Å². The van der Waals surface area contributed by atoms with Crippen molar-refractivity contribution >= 4 is 9.24 Å². The Morgan fingerprint density at radius 3 is 1.50 bits per heavy atom. The van der Waals surface area contributed by atoms with E-state index in [0.29, 0.717) is 5.78 Å². The molecule has 0 spiro atoms. The maximum atomic E-state index is 3.04. The first kappa shape index (κ1) is 12.8. The Morgan fingerprint density at radius 2 is 1.19 bits per heavy atom. The molecule has 2 aliphatic carbocycles. The molecule has 2 saturated carbocycles. The van der Waals surface area contributed by atoms with Gasteiger partial charge in [0, 0.05) is 17.9 Å². The molecule has 94 valence electrons. The standard InChI is InChI=1S/C14H28NP/c1-12(16)15(13-8-4-2-5-9-13)14-10-6-3-7-11-14/h12-14H,2-11,16H2,1H3. The Balaban J connectivity index is 1.96. The Hall–Kier alpha value is 0.390. The summed E-state index contributed by atoms with van der Waals surface area (Å²) in [6.07, 6.45) is 14.6. The maximum absolute atomic E-state index is 3.04. The predicted molar refractivity (Wildman–Crippen MR) is 74.8 cm³/mol. The summed E-state index contributed by atoms with van der Waals surface area (Å²) in [5.41, 5.74) is 0. The van der Waals surface area contributed by atoms with E-state index in [0.717, 1.165) is 12.1 Å². The summed E-state index contributed by atoms with van der Waals surface area (Å²) in [4.78, 5) is 2.85. The monoisotopic (exact) mass is 241 g/mol. The molecule has 16 heavy (non-hydrogen) atoms. The zero-order valence-electron chi connectivity index (χ0n) is 10.8. The minimum absolute atomic E-state index is 0.672. The molecule has 2 unspecified atom stereocenters. The molecule has 0 aromatic rings. The van der Waals surface area contributed by atoms with E-state index >= 15 is 0 Å². The van der Waals surface area contributed by atoms with E-state index in [4.69, 9.17) is 0 Å². The number of hydrogen-bond donors (Lipinski definition) is 0. The summed E-state index contributed by atoms with van der Waals surface area (Å²) in [5.74, 6) is 0.672. The number of hydrogen-bond acceptors (Lipinski definition) is 1. The third kappa shape index (κ3) is 3.20. The molecule has 0 aliphatic heterocycles. The first-order valence-corrected chi connectivity index (χ1v) is 7.98. The molecular formula is C14H28NP. The lowest BCUT2D eigenvalue weighted by atomic mass is 9.88. The first-order chi connectivity index (χ1) is 7.79. The smallest absolute Gasteiger partial charge is 0.0217 e. The average molecular weight is 241 g/mol. The van der Waals surface area contributed by atoms with Crippen molar-refractivity contribution in [2.75, 3.05) is 0 Å². The number of rotatable bonds is 3. The topological polar surface area (TPSA) is 3.24 Å². The van der Waals surface area contributed by atoms with Crippen molar-refractivity contribution < 1.29 is 0 Å². The van der Waals surface area contributed by atoms with Crippen LogP contribution in [0.4, 0.5) is 0 Å². The van der Waals surface area contributed by atoms with Crippen LogP contribution in [-0.4, -0.2) is 22.8 Å². The molecular weight excluding hydrogens is 213 g/mol. The van der Waals surface area contributed by atoms with Gasteiger partial charge in [0.1, 0.15) is 0 Å². The van der Waals surface area contributed by atoms with Gasteiger partial charge in [-0.25, -0.2) is 0 Å². The lowest BCUT2D eigenvalue weighted by Gasteiger charge is -2.44. The highest BCUT2D eigenvalue weighted by atomic mass is 31.0. The molecule has 0 saturated heterocycles. The third-order valence-corrected chi connectivity index (χ3v) is 4.81. The van der Waals surface area contributed by atoms with Crippen molar-refractivity contribution in [3.05, 3.63) is 0 Å². The molecule has 0 aromatic carbocycles. The average Bonchev–Trinajstić information content (AvgIpc) is 2.31. The van der Waals surface area contributed by atoms with Crippen molar-refractivity contribution in [2.24, 2.45) is 0 Å². The van der Waals surface area contributed by atoms with Crippen LogP contribution in [0, 0.1) is 0 Å². The van der Waals surface area contributed by atoms with E-state index in [1.165, 1.54) is 64.2 Å². The van der Waals surface area contributed by atoms with Crippen LogP contribution in [0.3, 0.4) is 0 Å². The molecule has 1 nitrogen and oxygen atoms in total. The van der Waals surface area contributed by atoms with Gasteiger partial charge < -0.3 is 0 Å². The van der Waals surface area contributed by atoms with Gasteiger partial charge in [0.2, 0.25) is 0 Å². The molecule has 0 radical (unpaired) electrons. The fourth-order valence-corrected chi connectivity index (χ4v) is 4.21. The molecule has 2 rings (SSSR count). The zero-order chi connectivity index (χ0) is 11.4. The Labute approximate surface area is 104 Å². The SMILES string of the molecule is CC(P)N(C1CCCCC1)C1CCCCC1. The first-order valence-electron chi connectivity index (χ1n) is 7.32. The fourth-order valence-electron chi connectivity index (χ4n) is 3.72. The van der Waals surface area contributed by atoms with Gasteiger partial charge in [0.05, 0.1) is 0 Å². The maximum Gasteiger partial charge on any atom is 0.0217 e. The second-order valence-corrected chi connectivity index (χ2v) is 6.74.